The van der Waals surface area contributed by atoms with Gasteiger partial charge in [0.2, 0.25) is 0 Å². The first kappa shape index (κ1) is 15.2. The van der Waals surface area contributed by atoms with E-state index in [1.807, 2.05) is 37.3 Å². The number of hydrogen-bond acceptors (Lipinski definition) is 2. The van der Waals surface area contributed by atoms with Crippen molar-refractivity contribution in [3.8, 4) is 11.5 Å². The third kappa shape index (κ3) is 3.10. The molecular formula is C16H16BrClO2. The Labute approximate surface area is 132 Å². The Morgan fingerprint density at radius 1 is 1.05 bits per heavy atom. The van der Waals surface area contributed by atoms with Crippen molar-refractivity contribution in [2.75, 3.05) is 14.2 Å². The van der Waals surface area contributed by atoms with E-state index >= 15 is 0 Å². The number of methoxy groups -OCH3 is 2. The predicted molar refractivity (Wildman–Crippen MR) is 86.1 cm³/mol. The molecule has 0 saturated heterocycles. The Hall–Kier alpha value is -1.19. The molecule has 106 valence electrons. The Balaban J connectivity index is 2.41. The number of ether oxygens (including phenoxy) is 2. The minimum absolute atomic E-state index is 0.261. The quantitative estimate of drug-likeness (QED) is 0.710. The minimum atomic E-state index is -0.261. The van der Waals surface area contributed by atoms with Gasteiger partial charge in [0.05, 0.1) is 19.6 Å². The van der Waals surface area contributed by atoms with E-state index in [9.17, 15) is 0 Å². The van der Waals surface area contributed by atoms with Gasteiger partial charge in [-0.1, -0.05) is 28.1 Å². The van der Waals surface area contributed by atoms with Crippen molar-refractivity contribution in [1.29, 1.82) is 0 Å². The number of halogens is 2. The number of alkyl halides is 1. The minimum Gasteiger partial charge on any atom is -0.497 e. The van der Waals surface area contributed by atoms with Crippen LogP contribution in [0.3, 0.4) is 0 Å². The van der Waals surface area contributed by atoms with E-state index in [0.29, 0.717) is 0 Å². The van der Waals surface area contributed by atoms with E-state index in [4.69, 9.17) is 21.1 Å². The third-order valence-corrected chi connectivity index (χ3v) is 4.57. The summed E-state index contributed by atoms with van der Waals surface area (Å²) in [7, 11) is 3.26. The van der Waals surface area contributed by atoms with Crippen molar-refractivity contribution in [1.82, 2.24) is 0 Å². The van der Waals surface area contributed by atoms with Gasteiger partial charge < -0.3 is 9.47 Å². The van der Waals surface area contributed by atoms with Crippen LogP contribution in [0.2, 0.25) is 0 Å². The highest BCUT2D eigenvalue weighted by Crippen LogP contribution is 2.37. The van der Waals surface area contributed by atoms with Gasteiger partial charge in [-0.3, -0.25) is 0 Å². The first-order valence-electron chi connectivity index (χ1n) is 6.19. The summed E-state index contributed by atoms with van der Waals surface area (Å²) < 4.78 is 11.7. The topological polar surface area (TPSA) is 18.5 Å². The summed E-state index contributed by atoms with van der Waals surface area (Å²) in [6.45, 7) is 2.04. The summed E-state index contributed by atoms with van der Waals surface area (Å²) in [5.41, 5.74) is 3.12. The van der Waals surface area contributed by atoms with Crippen LogP contribution >= 0.6 is 27.5 Å². The van der Waals surface area contributed by atoms with Gasteiger partial charge in [0.25, 0.3) is 0 Å². The molecule has 0 bridgehead atoms. The molecule has 1 unspecified atom stereocenters. The summed E-state index contributed by atoms with van der Waals surface area (Å²) in [5.74, 6) is 1.48. The second-order valence-electron chi connectivity index (χ2n) is 4.48. The fraction of sp³-hybridized carbons (Fsp3) is 0.250. The molecule has 0 aliphatic rings. The smallest absolute Gasteiger partial charge is 0.127 e. The highest BCUT2D eigenvalue weighted by molar-refractivity contribution is 9.10. The van der Waals surface area contributed by atoms with Gasteiger partial charge in [-0.25, -0.2) is 0 Å². The Kier molecular flexibility index (Phi) is 4.95. The molecule has 0 aliphatic heterocycles. The lowest BCUT2D eigenvalue weighted by atomic mass is 10.0. The van der Waals surface area contributed by atoms with E-state index < -0.39 is 0 Å². The second-order valence-corrected chi connectivity index (χ2v) is 5.77. The zero-order valence-electron chi connectivity index (χ0n) is 11.6. The molecule has 0 aliphatic carbocycles. The second kappa shape index (κ2) is 6.51. The van der Waals surface area contributed by atoms with Gasteiger partial charge in [0.1, 0.15) is 11.5 Å². The fourth-order valence-corrected chi connectivity index (χ4v) is 2.60. The Morgan fingerprint density at radius 3 is 2.40 bits per heavy atom. The first-order valence-corrected chi connectivity index (χ1v) is 7.41. The van der Waals surface area contributed by atoms with Crippen LogP contribution in [-0.4, -0.2) is 14.2 Å². The van der Waals surface area contributed by atoms with Crippen LogP contribution in [-0.2, 0) is 0 Å². The normalized spacial score (nSPS) is 12.1. The van der Waals surface area contributed by atoms with Crippen LogP contribution in [0.4, 0.5) is 0 Å². The SMILES string of the molecule is COc1ccc(C(Cl)c2ccc(Br)c(C)c2)c(OC)c1. The van der Waals surface area contributed by atoms with Crippen molar-refractivity contribution in [3.63, 3.8) is 0 Å². The zero-order chi connectivity index (χ0) is 14.7. The summed E-state index contributed by atoms with van der Waals surface area (Å²) in [6, 6.07) is 11.8. The maximum atomic E-state index is 6.60. The number of rotatable bonds is 4. The molecule has 0 fully saturated rings. The van der Waals surface area contributed by atoms with Gasteiger partial charge >= 0.3 is 0 Å². The van der Waals surface area contributed by atoms with Crippen molar-refractivity contribution in [3.05, 3.63) is 57.6 Å². The van der Waals surface area contributed by atoms with Crippen LogP contribution in [0.1, 0.15) is 22.1 Å². The lowest BCUT2D eigenvalue weighted by Gasteiger charge is -2.16. The van der Waals surface area contributed by atoms with Crippen LogP contribution in [0.15, 0.2) is 40.9 Å². The summed E-state index contributed by atoms with van der Waals surface area (Å²) in [4.78, 5) is 0. The molecule has 2 aromatic carbocycles. The maximum absolute atomic E-state index is 6.60. The van der Waals surface area contributed by atoms with Gasteiger partial charge in [-0.05, 0) is 36.2 Å². The lowest BCUT2D eigenvalue weighted by Crippen LogP contribution is -1.99. The number of hydrogen-bond donors (Lipinski definition) is 0. The molecule has 0 radical (unpaired) electrons. The van der Waals surface area contributed by atoms with E-state index in [-0.39, 0.29) is 5.38 Å². The Morgan fingerprint density at radius 2 is 1.80 bits per heavy atom. The van der Waals surface area contributed by atoms with Gasteiger partial charge in [0, 0.05) is 16.1 Å². The van der Waals surface area contributed by atoms with Crippen LogP contribution in [0.25, 0.3) is 0 Å². The zero-order valence-corrected chi connectivity index (χ0v) is 14.0. The summed E-state index contributed by atoms with van der Waals surface area (Å²) >= 11 is 10.1. The molecule has 0 spiro atoms. The van der Waals surface area contributed by atoms with Crippen LogP contribution in [0.5, 0.6) is 11.5 Å². The Bertz CT molecular complexity index is 613. The molecule has 2 rings (SSSR count). The van der Waals surface area contributed by atoms with Gasteiger partial charge in [0.15, 0.2) is 0 Å². The van der Waals surface area contributed by atoms with Crippen molar-refractivity contribution in [2.24, 2.45) is 0 Å². The van der Waals surface area contributed by atoms with E-state index in [1.54, 1.807) is 14.2 Å². The van der Waals surface area contributed by atoms with E-state index in [0.717, 1.165) is 32.7 Å². The van der Waals surface area contributed by atoms with E-state index in [2.05, 4.69) is 22.0 Å². The van der Waals surface area contributed by atoms with Gasteiger partial charge in [-0.15, -0.1) is 11.6 Å². The molecule has 4 heteroatoms. The van der Waals surface area contributed by atoms with Crippen molar-refractivity contribution < 1.29 is 9.47 Å². The fourth-order valence-electron chi connectivity index (χ4n) is 2.03. The largest absolute Gasteiger partial charge is 0.497 e. The molecule has 0 saturated carbocycles. The van der Waals surface area contributed by atoms with Crippen molar-refractivity contribution >= 4 is 27.5 Å². The monoisotopic (exact) mass is 354 g/mol. The highest BCUT2D eigenvalue weighted by Gasteiger charge is 2.17. The van der Waals surface area contributed by atoms with E-state index in [1.165, 1.54) is 0 Å². The van der Waals surface area contributed by atoms with Crippen LogP contribution < -0.4 is 9.47 Å². The number of benzene rings is 2. The molecule has 2 nitrogen and oxygen atoms in total. The molecule has 20 heavy (non-hydrogen) atoms. The van der Waals surface area contributed by atoms with Crippen molar-refractivity contribution in [2.45, 2.75) is 12.3 Å². The number of aryl methyl sites for hydroxylation is 1. The average molecular weight is 356 g/mol. The average Bonchev–Trinajstić information content (AvgIpc) is 2.48. The predicted octanol–water partition coefficient (Wildman–Crippen LogP) is 5.10. The van der Waals surface area contributed by atoms with Gasteiger partial charge in [-0.2, -0.15) is 0 Å². The molecule has 0 aromatic heterocycles. The maximum Gasteiger partial charge on any atom is 0.127 e. The third-order valence-electron chi connectivity index (χ3n) is 3.19. The summed E-state index contributed by atoms with van der Waals surface area (Å²) in [6.07, 6.45) is 0. The molecule has 1 atom stereocenters. The summed E-state index contributed by atoms with van der Waals surface area (Å²) in [5, 5.41) is -0.261. The first-order chi connectivity index (χ1) is 9.56. The van der Waals surface area contributed by atoms with Crippen LogP contribution in [0, 0.1) is 6.92 Å². The molecule has 0 amide bonds. The molecular weight excluding hydrogens is 340 g/mol. The lowest BCUT2D eigenvalue weighted by molar-refractivity contribution is 0.391. The highest BCUT2D eigenvalue weighted by atomic mass is 79.9. The molecule has 0 heterocycles. The standard InChI is InChI=1S/C16H16BrClO2/c1-10-8-11(4-7-14(10)17)16(18)13-6-5-12(19-2)9-15(13)20-3/h4-9,16H,1-3H3. The molecule has 2 aromatic rings. The molecule has 0 N–H and O–H groups in total.